The van der Waals surface area contributed by atoms with E-state index in [0.717, 1.165) is 35.2 Å². The molecule has 3 heterocycles. The fourth-order valence-corrected chi connectivity index (χ4v) is 5.15. The summed E-state index contributed by atoms with van der Waals surface area (Å²) in [4.78, 5) is 32.1. The van der Waals surface area contributed by atoms with Crippen LogP contribution in [-0.4, -0.2) is 49.1 Å². The number of anilines is 1. The number of imidazole rings is 1. The summed E-state index contributed by atoms with van der Waals surface area (Å²) >= 11 is 0. The lowest BCUT2D eigenvalue weighted by atomic mass is 9.89. The number of piperidine rings is 1. The number of para-hydroxylation sites is 3. The second-order valence-corrected chi connectivity index (χ2v) is 9.56. The van der Waals surface area contributed by atoms with Gasteiger partial charge in [-0.25, -0.2) is 9.67 Å². The molecule has 190 valence electrons. The van der Waals surface area contributed by atoms with Crippen molar-refractivity contribution in [2.75, 3.05) is 18.4 Å². The Morgan fingerprint density at radius 3 is 2.39 bits per heavy atom. The lowest BCUT2D eigenvalue weighted by molar-refractivity contribution is -0.116. The monoisotopic (exact) mass is 504 g/mol. The summed E-state index contributed by atoms with van der Waals surface area (Å²) in [5, 5.41) is 7.34. The van der Waals surface area contributed by atoms with Crippen LogP contribution in [-0.2, 0) is 11.3 Å². The molecule has 0 spiro atoms. The first-order valence-corrected chi connectivity index (χ1v) is 12.8. The molecule has 2 aromatic heterocycles. The first kappa shape index (κ1) is 23.7. The zero-order chi connectivity index (χ0) is 25.9. The quantitative estimate of drug-likeness (QED) is 0.357. The molecule has 5 aromatic rings. The zero-order valence-corrected chi connectivity index (χ0v) is 20.9. The number of nitrogens with one attached hydrogen (secondary N) is 1. The summed E-state index contributed by atoms with van der Waals surface area (Å²) in [6.07, 6.45) is 5.15. The minimum Gasteiger partial charge on any atom is -0.337 e. The molecular formula is C30H28N6O2. The summed E-state index contributed by atoms with van der Waals surface area (Å²) in [7, 11) is 0. The van der Waals surface area contributed by atoms with E-state index in [1.54, 1.807) is 23.3 Å². The Morgan fingerprint density at radius 1 is 0.868 bits per heavy atom. The van der Waals surface area contributed by atoms with E-state index in [2.05, 4.69) is 27.5 Å². The number of carbonyl (C=O) groups excluding carboxylic acids is 2. The highest BCUT2D eigenvalue weighted by atomic mass is 16.2. The first-order chi connectivity index (χ1) is 18.7. The largest absolute Gasteiger partial charge is 0.337 e. The van der Waals surface area contributed by atoms with E-state index >= 15 is 0 Å². The normalized spacial score (nSPS) is 14.1. The molecule has 38 heavy (non-hydrogen) atoms. The van der Waals surface area contributed by atoms with Gasteiger partial charge in [-0.15, -0.1) is 0 Å². The summed E-state index contributed by atoms with van der Waals surface area (Å²) in [5.41, 5.74) is 5.27. The second kappa shape index (κ2) is 10.3. The number of hydrogen-bond donors (Lipinski definition) is 1. The molecule has 1 fully saturated rings. The van der Waals surface area contributed by atoms with Gasteiger partial charge in [0.05, 0.1) is 29.2 Å². The third-order valence-corrected chi connectivity index (χ3v) is 7.15. The van der Waals surface area contributed by atoms with Gasteiger partial charge in [-0.3, -0.25) is 9.59 Å². The number of benzene rings is 3. The third-order valence-electron chi connectivity index (χ3n) is 7.15. The maximum atomic E-state index is 13.3. The molecular weight excluding hydrogens is 476 g/mol. The van der Waals surface area contributed by atoms with E-state index in [4.69, 9.17) is 0 Å². The van der Waals surface area contributed by atoms with Crippen molar-refractivity contribution in [3.05, 3.63) is 109 Å². The summed E-state index contributed by atoms with van der Waals surface area (Å²) in [6.45, 7) is 1.60. The Kier molecular flexibility index (Phi) is 6.44. The molecule has 6 rings (SSSR count). The standard InChI is InChI=1S/C30H28N6O2/c37-29(20-35-21-31-26-8-4-5-9-27(26)35)33-24-12-10-22(11-13-24)23-15-18-34(19-16-23)30(38)28-14-17-32-36(28)25-6-2-1-3-7-25/h1-14,17,21,23H,15-16,18-20H2,(H,33,37). The average molecular weight is 505 g/mol. The van der Waals surface area contributed by atoms with Gasteiger partial charge in [0.25, 0.3) is 5.91 Å². The number of fused-ring (bicyclic) bond motifs is 1. The van der Waals surface area contributed by atoms with Crippen molar-refractivity contribution in [1.29, 1.82) is 0 Å². The number of nitrogens with zero attached hydrogens (tertiary/aromatic N) is 5. The maximum absolute atomic E-state index is 13.3. The molecule has 1 aliphatic rings. The van der Waals surface area contributed by atoms with Gasteiger partial charge in [0.2, 0.25) is 5.91 Å². The van der Waals surface area contributed by atoms with Gasteiger partial charge in [0, 0.05) is 18.8 Å². The molecule has 0 atom stereocenters. The Hall–Kier alpha value is -4.72. The SMILES string of the molecule is O=C(Cn1cnc2ccccc21)Nc1ccc(C2CCN(C(=O)c3ccnn3-c3ccccc3)CC2)cc1. The Labute approximate surface area is 220 Å². The summed E-state index contributed by atoms with van der Waals surface area (Å²) < 4.78 is 3.55. The van der Waals surface area contributed by atoms with Crippen LogP contribution in [0.25, 0.3) is 16.7 Å². The molecule has 8 nitrogen and oxygen atoms in total. The zero-order valence-electron chi connectivity index (χ0n) is 20.9. The highest BCUT2D eigenvalue weighted by Gasteiger charge is 2.26. The minimum atomic E-state index is -0.0949. The van der Waals surface area contributed by atoms with Crippen molar-refractivity contribution >= 4 is 28.5 Å². The van der Waals surface area contributed by atoms with E-state index in [9.17, 15) is 9.59 Å². The van der Waals surface area contributed by atoms with Crippen LogP contribution in [0.2, 0.25) is 0 Å². The molecule has 1 N–H and O–H groups in total. The minimum absolute atomic E-state index is 0.00790. The van der Waals surface area contributed by atoms with Crippen molar-refractivity contribution in [2.45, 2.75) is 25.3 Å². The van der Waals surface area contributed by atoms with Gasteiger partial charge in [0.1, 0.15) is 12.2 Å². The summed E-state index contributed by atoms with van der Waals surface area (Å²) in [5.74, 6) is 0.288. The molecule has 0 aliphatic carbocycles. The molecule has 1 saturated heterocycles. The van der Waals surface area contributed by atoms with Crippen molar-refractivity contribution in [3.8, 4) is 5.69 Å². The van der Waals surface area contributed by atoms with Crippen molar-refractivity contribution in [3.63, 3.8) is 0 Å². The predicted octanol–water partition coefficient (Wildman–Crippen LogP) is 4.88. The van der Waals surface area contributed by atoms with Crippen molar-refractivity contribution in [1.82, 2.24) is 24.2 Å². The smallest absolute Gasteiger partial charge is 0.272 e. The van der Waals surface area contributed by atoms with E-state index in [-0.39, 0.29) is 18.4 Å². The van der Waals surface area contributed by atoms with Crippen LogP contribution in [0.1, 0.15) is 34.8 Å². The molecule has 0 unspecified atom stereocenters. The number of rotatable bonds is 6. The maximum Gasteiger partial charge on any atom is 0.272 e. The van der Waals surface area contributed by atoms with Gasteiger partial charge >= 0.3 is 0 Å². The van der Waals surface area contributed by atoms with Crippen LogP contribution in [0.3, 0.4) is 0 Å². The Morgan fingerprint density at radius 2 is 1.61 bits per heavy atom. The molecule has 3 aromatic carbocycles. The average Bonchev–Trinajstić information content (AvgIpc) is 3.62. The number of aromatic nitrogens is 4. The fraction of sp³-hybridized carbons (Fsp3) is 0.200. The van der Waals surface area contributed by atoms with Crippen LogP contribution in [0.4, 0.5) is 5.69 Å². The van der Waals surface area contributed by atoms with E-state index in [1.807, 2.05) is 76.2 Å². The fourth-order valence-electron chi connectivity index (χ4n) is 5.15. The molecule has 0 radical (unpaired) electrons. The number of carbonyl (C=O) groups is 2. The summed E-state index contributed by atoms with van der Waals surface area (Å²) in [6, 6.07) is 27.3. The van der Waals surface area contributed by atoms with Crippen LogP contribution >= 0.6 is 0 Å². The van der Waals surface area contributed by atoms with Gasteiger partial charge in [-0.05, 0) is 66.8 Å². The van der Waals surface area contributed by atoms with Crippen LogP contribution in [0, 0.1) is 0 Å². The molecule has 0 bridgehead atoms. The van der Waals surface area contributed by atoms with E-state index in [0.29, 0.717) is 24.7 Å². The third kappa shape index (κ3) is 4.80. The first-order valence-electron chi connectivity index (χ1n) is 12.8. The number of likely N-dealkylation sites (tertiary alicyclic amines) is 1. The second-order valence-electron chi connectivity index (χ2n) is 9.56. The van der Waals surface area contributed by atoms with Gasteiger partial charge in [0.15, 0.2) is 0 Å². The van der Waals surface area contributed by atoms with Crippen LogP contribution in [0.15, 0.2) is 97.5 Å². The lowest BCUT2D eigenvalue weighted by Crippen LogP contribution is -2.38. The van der Waals surface area contributed by atoms with Crippen LogP contribution < -0.4 is 5.32 Å². The molecule has 0 saturated carbocycles. The van der Waals surface area contributed by atoms with Crippen LogP contribution in [0.5, 0.6) is 0 Å². The van der Waals surface area contributed by atoms with Gasteiger partial charge in [-0.2, -0.15) is 5.10 Å². The van der Waals surface area contributed by atoms with E-state index in [1.165, 1.54) is 5.56 Å². The Bertz CT molecular complexity index is 1560. The van der Waals surface area contributed by atoms with E-state index < -0.39 is 0 Å². The molecule has 2 amide bonds. The number of amides is 2. The predicted molar refractivity (Wildman–Crippen MR) is 146 cm³/mol. The lowest BCUT2D eigenvalue weighted by Gasteiger charge is -2.32. The van der Waals surface area contributed by atoms with Crippen molar-refractivity contribution < 1.29 is 9.59 Å². The molecule has 8 heteroatoms. The van der Waals surface area contributed by atoms with Gasteiger partial charge in [-0.1, -0.05) is 42.5 Å². The number of hydrogen-bond acceptors (Lipinski definition) is 4. The highest BCUT2D eigenvalue weighted by Crippen LogP contribution is 2.29. The van der Waals surface area contributed by atoms with Crippen molar-refractivity contribution in [2.24, 2.45) is 0 Å². The topological polar surface area (TPSA) is 85.1 Å². The Balaban J connectivity index is 1.04. The molecule has 1 aliphatic heterocycles. The van der Waals surface area contributed by atoms with Gasteiger partial charge < -0.3 is 14.8 Å². The highest BCUT2D eigenvalue weighted by molar-refractivity contribution is 5.93.